The zero-order chi connectivity index (χ0) is 14.5. The SMILES string of the molecule is CCN(CC)c1nc(NN)nc(N(C)CC2CCC2)n1. The summed E-state index contributed by atoms with van der Waals surface area (Å²) in [5.41, 5.74) is 2.53. The van der Waals surface area contributed by atoms with E-state index in [2.05, 4.69) is 44.0 Å². The first kappa shape index (κ1) is 14.8. The Labute approximate surface area is 120 Å². The average Bonchev–Trinajstić information content (AvgIpc) is 2.43. The minimum Gasteiger partial charge on any atom is -0.343 e. The zero-order valence-electron chi connectivity index (χ0n) is 12.6. The summed E-state index contributed by atoms with van der Waals surface area (Å²) in [6, 6.07) is 0. The highest BCUT2D eigenvalue weighted by Crippen LogP contribution is 2.28. The normalized spacial score (nSPS) is 14.8. The lowest BCUT2D eigenvalue weighted by molar-refractivity contribution is 0.320. The first-order valence-corrected chi connectivity index (χ1v) is 7.36. The highest BCUT2D eigenvalue weighted by molar-refractivity contribution is 5.44. The number of hydrogen-bond acceptors (Lipinski definition) is 7. The first-order valence-electron chi connectivity index (χ1n) is 7.36. The van der Waals surface area contributed by atoms with E-state index in [1.807, 2.05) is 7.05 Å². The largest absolute Gasteiger partial charge is 0.343 e. The zero-order valence-corrected chi connectivity index (χ0v) is 12.6. The fourth-order valence-electron chi connectivity index (χ4n) is 2.38. The Morgan fingerprint density at radius 1 is 1.15 bits per heavy atom. The summed E-state index contributed by atoms with van der Waals surface area (Å²) < 4.78 is 0. The van der Waals surface area contributed by atoms with Crippen LogP contribution in [0.15, 0.2) is 0 Å². The van der Waals surface area contributed by atoms with E-state index in [1.165, 1.54) is 19.3 Å². The Bertz CT molecular complexity index is 429. The lowest BCUT2D eigenvalue weighted by Gasteiger charge is -2.30. The molecule has 20 heavy (non-hydrogen) atoms. The van der Waals surface area contributed by atoms with Gasteiger partial charge < -0.3 is 9.80 Å². The van der Waals surface area contributed by atoms with Gasteiger partial charge in [-0.15, -0.1) is 0 Å². The molecule has 0 unspecified atom stereocenters. The van der Waals surface area contributed by atoms with Gasteiger partial charge >= 0.3 is 0 Å². The molecule has 2 rings (SSSR count). The number of nitrogens with zero attached hydrogens (tertiary/aromatic N) is 5. The van der Waals surface area contributed by atoms with E-state index in [4.69, 9.17) is 5.84 Å². The number of anilines is 3. The van der Waals surface area contributed by atoms with E-state index in [1.54, 1.807) is 0 Å². The number of hydrazine groups is 1. The maximum absolute atomic E-state index is 5.47. The van der Waals surface area contributed by atoms with Crippen LogP contribution in [0.2, 0.25) is 0 Å². The third-order valence-electron chi connectivity index (χ3n) is 3.89. The highest BCUT2D eigenvalue weighted by Gasteiger charge is 2.21. The molecule has 1 saturated carbocycles. The van der Waals surface area contributed by atoms with Crippen molar-refractivity contribution in [3.63, 3.8) is 0 Å². The quantitative estimate of drug-likeness (QED) is 0.574. The van der Waals surface area contributed by atoms with Crippen molar-refractivity contribution in [2.45, 2.75) is 33.1 Å². The van der Waals surface area contributed by atoms with Crippen molar-refractivity contribution in [2.24, 2.45) is 11.8 Å². The average molecular weight is 279 g/mol. The van der Waals surface area contributed by atoms with Crippen molar-refractivity contribution in [3.05, 3.63) is 0 Å². The summed E-state index contributed by atoms with van der Waals surface area (Å²) in [5.74, 6) is 8.01. The fraction of sp³-hybridized carbons (Fsp3) is 0.769. The molecule has 0 aromatic carbocycles. The Kier molecular flexibility index (Phi) is 4.94. The second kappa shape index (κ2) is 6.69. The topological polar surface area (TPSA) is 83.2 Å². The molecule has 0 bridgehead atoms. The molecule has 1 aromatic rings. The van der Waals surface area contributed by atoms with Gasteiger partial charge in [0.05, 0.1) is 0 Å². The van der Waals surface area contributed by atoms with Crippen molar-refractivity contribution >= 4 is 17.8 Å². The third kappa shape index (κ3) is 3.27. The smallest absolute Gasteiger partial charge is 0.243 e. The van der Waals surface area contributed by atoms with Gasteiger partial charge in [0.1, 0.15) is 0 Å². The van der Waals surface area contributed by atoms with Crippen LogP contribution in [-0.2, 0) is 0 Å². The van der Waals surface area contributed by atoms with E-state index in [0.29, 0.717) is 17.8 Å². The molecule has 0 saturated heterocycles. The van der Waals surface area contributed by atoms with E-state index in [-0.39, 0.29) is 0 Å². The molecule has 7 nitrogen and oxygen atoms in total. The molecule has 0 aliphatic heterocycles. The molecule has 0 spiro atoms. The maximum Gasteiger partial charge on any atom is 0.243 e. The van der Waals surface area contributed by atoms with Crippen molar-refractivity contribution < 1.29 is 0 Å². The van der Waals surface area contributed by atoms with Crippen LogP contribution >= 0.6 is 0 Å². The minimum absolute atomic E-state index is 0.414. The minimum atomic E-state index is 0.414. The van der Waals surface area contributed by atoms with Gasteiger partial charge in [0.25, 0.3) is 0 Å². The van der Waals surface area contributed by atoms with E-state index >= 15 is 0 Å². The van der Waals surface area contributed by atoms with E-state index < -0.39 is 0 Å². The molecule has 1 aliphatic carbocycles. The Balaban J connectivity index is 2.19. The van der Waals surface area contributed by atoms with Crippen molar-refractivity contribution in [1.82, 2.24) is 15.0 Å². The molecule has 1 fully saturated rings. The molecular weight excluding hydrogens is 254 g/mol. The van der Waals surface area contributed by atoms with Gasteiger partial charge in [0, 0.05) is 26.7 Å². The lowest BCUT2D eigenvalue weighted by atomic mass is 9.85. The summed E-state index contributed by atoms with van der Waals surface area (Å²) in [6.07, 6.45) is 3.96. The second-order valence-corrected chi connectivity index (χ2v) is 5.25. The lowest BCUT2D eigenvalue weighted by Crippen LogP contribution is -2.32. The Hall–Kier alpha value is -1.63. The van der Waals surface area contributed by atoms with Crippen molar-refractivity contribution in [3.8, 4) is 0 Å². The third-order valence-corrected chi connectivity index (χ3v) is 3.89. The van der Waals surface area contributed by atoms with Gasteiger partial charge in [-0.05, 0) is 32.6 Å². The highest BCUT2D eigenvalue weighted by atomic mass is 15.4. The number of nitrogens with two attached hydrogens (primary N) is 1. The number of hydrogen-bond donors (Lipinski definition) is 2. The van der Waals surface area contributed by atoms with Crippen LogP contribution in [0.3, 0.4) is 0 Å². The van der Waals surface area contributed by atoms with Gasteiger partial charge in [-0.3, -0.25) is 5.43 Å². The van der Waals surface area contributed by atoms with Crippen LogP contribution in [0.1, 0.15) is 33.1 Å². The van der Waals surface area contributed by atoms with Gasteiger partial charge in [0.2, 0.25) is 17.8 Å². The van der Waals surface area contributed by atoms with Crippen LogP contribution in [-0.4, -0.2) is 41.6 Å². The van der Waals surface area contributed by atoms with Crippen molar-refractivity contribution in [1.29, 1.82) is 0 Å². The predicted molar refractivity (Wildman–Crippen MR) is 81.8 cm³/mol. The van der Waals surface area contributed by atoms with Gasteiger partial charge in [-0.1, -0.05) is 6.42 Å². The molecule has 112 valence electrons. The summed E-state index contributed by atoms with van der Waals surface area (Å²) in [4.78, 5) is 17.4. The molecule has 3 N–H and O–H groups in total. The summed E-state index contributed by atoms with van der Waals surface area (Å²) in [5, 5.41) is 0. The first-order chi connectivity index (χ1) is 9.67. The van der Waals surface area contributed by atoms with Gasteiger partial charge in [-0.2, -0.15) is 15.0 Å². The van der Waals surface area contributed by atoms with Gasteiger partial charge in [-0.25, -0.2) is 5.84 Å². The number of rotatable bonds is 7. The summed E-state index contributed by atoms with van der Waals surface area (Å²) in [7, 11) is 2.03. The van der Waals surface area contributed by atoms with E-state index in [9.17, 15) is 0 Å². The van der Waals surface area contributed by atoms with Crippen LogP contribution < -0.4 is 21.1 Å². The van der Waals surface area contributed by atoms with Crippen LogP contribution in [0.4, 0.5) is 17.8 Å². The Morgan fingerprint density at radius 2 is 1.80 bits per heavy atom. The standard InChI is InChI=1S/C13H25N7/c1-4-20(5-2)13-16-11(18-14)15-12(17-13)19(3)9-10-7-6-8-10/h10H,4-9,14H2,1-3H3,(H,15,16,17,18). The van der Waals surface area contributed by atoms with Crippen LogP contribution in [0.5, 0.6) is 0 Å². The summed E-state index contributed by atoms with van der Waals surface area (Å²) in [6.45, 7) is 6.87. The fourth-order valence-corrected chi connectivity index (χ4v) is 2.38. The molecule has 0 radical (unpaired) electrons. The molecule has 1 heterocycles. The monoisotopic (exact) mass is 279 g/mol. The molecule has 1 aliphatic rings. The number of nitrogen functional groups attached to an aromatic ring is 1. The molecule has 7 heteroatoms. The molecule has 1 aromatic heterocycles. The van der Waals surface area contributed by atoms with Crippen molar-refractivity contribution in [2.75, 3.05) is 41.9 Å². The maximum atomic E-state index is 5.47. The number of nitrogens with one attached hydrogen (secondary N) is 1. The Morgan fingerprint density at radius 3 is 2.30 bits per heavy atom. The van der Waals surface area contributed by atoms with Crippen LogP contribution in [0.25, 0.3) is 0 Å². The van der Waals surface area contributed by atoms with Crippen LogP contribution in [0, 0.1) is 5.92 Å². The predicted octanol–water partition coefficient (Wildman–Crippen LogP) is 1.24. The van der Waals surface area contributed by atoms with Gasteiger partial charge in [0.15, 0.2) is 0 Å². The molecule has 0 amide bonds. The summed E-state index contributed by atoms with van der Waals surface area (Å²) >= 11 is 0. The molecule has 0 atom stereocenters. The molecular formula is C13H25N7. The second-order valence-electron chi connectivity index (χ2n) is 5.25. The van der Waals surface area contributed by atoms with E-state index in [0.717, 1.165) is 25.6 Å². The number of aromatic nitrogens is 3.